The van der Waals surface area contributed by atoms with E-state index in [1.807, 2.05) is 24.3 Å². The normalized spacial score (nSPS) is 11.3. The van der Waals surface area contributed by atoms with Gasteiger partial charge in [0.15, 0.2) is 0 Å². The number of hydrogen-bond donors (Lipinski definition) is 2. The summed E-state index contributed by atoms with van der Waals surface area (Å²) in [5, 5.41) is 5.73. The first-order valence-electron chi connectivity index (χ1n) is 9.03. The average Bonchev–Trinajstić information content (AvgIpc) is 2.65. The molecule has 0 radical (unpaired) electrons. The Balaban J connectivity index is 1.67. The molecular weight excluding hydrogens is 326 g/mol. The molecule has 0 aliphatic carbocycles. The van der Waals surface area contributed by atoms with Crippen LogP contribution in [0.2, 0.25) is 0 Å². The molecule has 0 aliphatic heterocycles. The predicted molar refractivity (Wildman–Crippen MR) is 105 cm³/mol. The number of pyridine rings is 1. The van der Waals surface area contributed by atoms with E-state index < -0.39 is 0 Å². The maximum atomic E-state index is 12.0. The lowest BCUT2D eigenvalue weighted by Gasteiger charge is -2.25. The Bertz CT molecular complexity index is 682. The molecule has 2 rings (SSSR count). The van der Waals surface area contributed by atoms with E-state index in [9.17, 15) is 4.79 Å². The van der Waals surface area contributed by atoms with Crippen LogP contribution in [0, 0.1) is 0 Å². The van der Waals surface area contributed by atoms with Gasteiger partial charge in [0.25, 0.3) is 0 Å². The third kappa shape index (κ3) is 6.06. The highest BCUT2D eigenvalue weighted by Crippen LogP contribution is 2.21. The topological polar surface area (TPSA) is 63.2 Å². The number of aromatic nitrogens is 1. The number of carbonyl (C=O) groups is 1. The van der Waals surface area contributed by atoms with E-state index in [1.165, 1.54) is 5.56 Å². The van der Waals surface area contributed by atoms with Gasteiger partial charge in [0.2, 0.25) is 0 Å². The summed E-state index contributed by atoms with van der Waals surface area (Å²) in [6.45, 7) is 9.93. The molecule has 0 aliphatic rings. The number of benzene rings is 1. The minimum atomic E-state index is -0.189. The molecule has 0 saturated heterocycles. The molecule has 2 amide bonds. The second kappa shape index (κ2) is 9.22. The summed E-state index contributed by atoms with van der Waals surface area (Å²) in [5.41, 5.74) is 2.27. The first-order chi connectivity index (χ1) is 12.4. The summed E-state index contributed by atoms with van der Waals surface area (Å²) < 4.78 is 5.66. The Morgan fingerprint density at radius 2 is 1.73 bits per heavy atom. The van der Waals surface area contributed by atoms with E-state index in [4.69, 9.17) is 4.74 Å². The standard InChI is InChI=1S/C21H29N3O2/c1-16(2)17-5-7-19(8-6-17)26-14-13-23-20(25)24-15-21(3,4)18-9-11-22-12-10-18/h5-12,16H,13-15H2,1-4H3,(H2,23,24,25). The van der Waals surface area contributed by atoms with Crippen LogP contribution in [-0.2, 0) is 5.41 Å². The number of amides is 2. The van der Waals surface area contributed by atoms with E-state index in [-0.39, 0.29) is 11.4 Å². The highest BCUT2D eigenvalue weighted by molar-refractivity contribution is 5.73. The predicted octanol–water partition coefficient (Wildman–Crippen LogP) is 3.86. The molecule has 5 heteroatoms. The molecular formula is C21H29N3O2. The molecule has 0 spiro atoms. The van der Waals surface area contributed by atoms with E-state index in [0.29, 0.717) is 25.6 Å². The van der Waals surface area contributed by atoms with Gasteiger partial charge in [-0.25, -0.2) is 4.79 Å². The molecule has 0 atom stereocenters. The highest BCUT2D eigenvalue weighted by atomic mass is 16.5. The molecule has 0 saturated carbocycles. The number of ether oxygens (including phenoxy) is 1. The molecule has 1 heterocycles. The van der Waals surface area contributed by atoms with Crippen LogP contribution in [0.5, 0.6) is 5.75 Å². The van der Waals surface area contributed by atoms with Crippen LogP contribution in [0.1, 0.15) is 44.7 Å². The summed E-state index contributed by atoms with van der Waals surface area (Å²) in [5.74, 6) is 1.32. The number of urea groups is 1. The van der Waals surface area contributed by atoms with Gasteiger partial charge >= 0.3 is 6.03 Å². The lowest BCUT2D eigenvalue weighted by atomic mass is 9.85. The first-order valence-corrected chi connectivity index (χ1v) is 9.03. The van der Waals surface area contributed by atoms with Crippen LogP contribution < -0.4 is 15.4 Å². The van der Waals surface area contributed by atoms with Gasteiger partial charge in [-0.2, -0.15) is 0 Å². The lowest BCUT2D eigenvalue weighted by Crippen LogP contribution is -2.43. The Morgan fingerprint density at radius 3 is 2.35 bits per heavy atom. The second-order valence-corrected chi connectivity index (χ2v) is 7.30. The van der Waals surface area contributed by atoms with Crippen molar-refractivity contribution in [3.05, 3.63) is 59.9 Å². The van der Waals surface area contributed by atoms with E-state index >= 15 is 0 Å². The van der Waals surface area contributed by atoms with Crippen molar-refractivity contribution < 1.29 is 9.53 Å². The van der Waals surface area contributed by atoms with Gasteiger partial charge in [-0.05, 0) is 41.3 Å². The number of nitrogens with zero attached hydrogens (tertiary/aromatic N) is 1. The van der Waals surface area contributed by atoms with Gasteiger partial charge in [-0.15, -0.1) is 0 Å². The minimum Gasteiger partial charge on any atom is -0.492 e. The summed E-state index contributed by atoms with van der Waals surface area (Å²) >= 11 is 0. The Hall–Kier alpha value is -2.56. The summed E-state index contributed by atoms with van der Waals surface area (Å²) in [6.07, 6.45) is 3.53. The zero-order chi connectivity index (χ0) is 19.0. The molecule has 2 N–H and O–H groups in total. The molecule has 26 heavy (non-hydrogen) atoms. The van der Waals surface area contributed by atoms with Gasteiger partial charge in [-0.1, -0.05) is 39.8 Å². The Kier molecular flexibility index (Phi) is 7.01. The number of nitrogens with one attached hydrogen (secondary N) is 2. The SMILES string of the molecule is CC(C)c1ccc(OCCNC(=O)NCC(C)(C)c2ccncc2)cc1. The molecule has 0 bridgehead atoms. The van der Waals surface area contributed by atoms with Crippen LogP contribution in [0.25, 0.3) is 0 Å². The highest BCUT2D eigenvalue weighted by Gasteiger charge is 2.21. The van der Waals surface area contributed by atoms with Crippen LogP contribution >= 0.6 is 0 Å². The smallest absolute Gasteiger partial charge is 0.314 e. The third-order valence-electron chi connectivity index (χ3n) is 4.36. The molecule has 5 nitrogen and oxygen atoms in total. The van der Waals surface area contributed by atoms with E-state index in [1.54, 1.807) is 12.4 Å². The molecule has 0 unspecified atom stereocenters. The fraction of sp³-hybridized carbons (Fsp3) is 0.429. The number of hydrogen-bond acceptors (Lipinski definition) is 3. The van der Waals surface area contributed by atoms with Crippen LogP contribution in [-0.4, -0.2) is 30.7 Å². The fourth-order valence-corrected chi connectivity index (χ4v) is 2.55. The molecule has 0 fully saturated rings. The molecule has 1 aromatic carbocycles. The molecule has 2 aromatic rings. The van der Waals surface area contributed by atoms with Gasteiger partial charge < -0.3 is 15.4 Å². The maximum Gasteiger partial charge on any atom is 0.314 e. The first kappa shape index (κ1) is 19.8. The molecule has 1 aromatic heterocycles. The van der Waals surface area contributed by atoms with Crippen molar-refractivity contribution in [3.8, 4) is 5.75 Å². The van der Waals surface area contributed by atoms with Crippen LogP contribution in [0.4, 0.5) is 4.79 Å². The Labute approximate surface area is 156 Å². The van der Waals surface area contributed by atoms with Gasteiger partial charge in [0, 0.05) is 24.4 Å². The number of carbonyl (C=O) groups excluding carboxylic acids is 1. The van der Waals surface area contributed by atoms with Crippen LogP contribution in [0.15, 0.2) is 48.8 Å². The maximum absolute atomic E-state index is 12.0. The Morgan fingerprint density at radius 1 is 1.08 bits per heavy atom. The van der Waals surface area contributed by atoms with Crippen molar-refractivity contribution in [3.63, 3.8) is 0 Å². The average molecular weight is 355 g/mol. The van der Waals surface area contributed by atoms with E-state index in [0.717, 1.165) is 11.3 Å². The van der Waals surface area contributed by atoms with Crippen molar-refractivity contribution in [1.82, 2.24) is 15.6 Å². The zero-order valence-electron chi connectivity index (χ0n) is 16.1. The zero-order valence-corrected chi connectivity index (χ0v) is 16.1. The summed E-state index contributed by atoms with van der Waals surface area (Å²) in [6, 6.07) is 11.8. The van der Waals surface area contributed by atoms with Gasteiger partial charge in [0.1, 0.15) is 12.4 Å². The summed E-state index contributed by atoms with van der Waals surface area (Å²) in [4.78, 5) is 16.0. The summed E-state index contributed by atoms with van der Waals surface area (Å²) in [7, 11) is 0. The van der Waals surface area contributed by atoms with E-state index in [2.05, 4.69) is 55.4 Å². The van der Waals surface area contributed by atoms with Gasteiger partial charge in [-0.3, -0.25) is 4.98 Å². The van der Waals surface area contributed by atoms with Crippen molar-refractivity contribution in [1.29, 1.82) is 0 Å². The largest absolute Gasteiger partial charge is 0.492 e. The van der Waals surface area contributed by atoms with Crippen molar-refractivity contribution in [2.24, 2.45) is 0 Å². The van der Waals surface area contributed by atoms with Gasteiger partial charge in [0.05, 0.1) is 6.54 Å². The van der Waals surface area contributed by atoms with Crippen molar-refractivity contribution in [2.75, 3.05) is 19.7 Å². The fourth-order valence-electron chi connectivity index (χ4n) is 2.55. The van der Waals surface area contributed by atoms with Crippen LogP contribution in [0.3, 0.4) is 0 Å². The number of rotatable bonds is 8. The lowest BCUT2D eigenvalue weighted by molar-refractivity contribution is 0.234. The minimum absolute atomic E-state index is 0.158. The third-order valence-corrected chi connectivity index (χ3v) is 4.36. The second-order valence-electron chi connectivity index (χ2n) is 7.30. The quantitative estimate of drug-likeness (QED) is 0.707. The monoisotopic (exact) mass is 355 g/mol. The van der Waals surface area contributed by atoms with Crippen molar-refractivity contribution >= 4 is 6.03 Å². The van der Waals surface area contributed by atoms with Crippen molar-refractivity contribution in [2.45, 2.75) is 39.0 Å². The molecule has 140 valence electrons.